The predicted octanol–water partition coefficient (Wildman–Crippen LogP) is 3.25. The van der Waals surface area contributed by atoms with Gasteiger partial charge in [0.05, 0.1) is 6.54 Å². The van der Waals surface area contributed by atoms with Crippen LogP contribution < -0.4 is 15.6 Å². The van der Waals surface area contributed by atoms with Crippen molar-refractivity contribution in [3.8, 4) is 0 Å². The lowest BCUT2D eigenvalue weighted by molar-refractivity contribution is -0.122. The summed E-state index contributed by atoms with van der Waals surface area (Å²) in [6, 6.07) is 11.1. The Morgan fingerprint density at radius 1 is 1.24 bits per heavy atom. The summed E-state index contributed by atoms with van der Waals surface area (Å²) in [7, 11) is 0. The van der Waals surface area contributed by atoms with Crippen molar-refractivity contribution in [2.45, 2.75) is 32.0 Å². The lowest BCUT2D eigenvalue weighted by Crippen LogP contribution is -2.52. The van der Waals surface area contributed by atoms with Crippen molar-refractivity contribution in [3.05, 3.63) is 64.1 Å². The molecule has 0 saturated heterocycles. The molecule has 2 aliphatic rings. The summed E-state index contributed by atoms with van der Waals surface area (Å²) >= 11 is 7.55. The minimum Gasteiger partial charge on any atom is -0.351 e. The number of nitrogens with one attached hydrogen (secondary N) is 2. The molecule has 7 nitrogen and oxygen atoms in total. The fourth-order valence-electron chi connectivity index (χ4n) is 3.19. The van der Waals surface area contributed by atoms with Gasteiger partial charge in [0.2, 0.25) is 12.1 Å². The third-order valence-corrected chi connectivity index (χ3v) is 5.82. The first-order valence-electron chi connectivity index (χ1n) is 9.28. The fourth-order valence-corrected chi connectivity index (χ4v) is 3.96. The number of anilines is 1. The molecule has 2 amide bonds. The van der Waals surface area contributed by atoms with Gasteiger partial charge in [-0.1, -0.05) is 17.7 Å². The van der Waals surface area contributed by atoms with E-state index in [2.05, 4.69) is 15.8 Å². The maximum atomic E-state index is 12.8. The standard InChI is InChI=1S/C20H20ClN5O2S/c21-14-6-8-15(9-7-14)25-10-11-26-17(23-24-19(26)20(25)28)4-1-5-18(27)22-13-16-3-2-12-29-16/h2-3,6-12,19,24H,1,4-5,13H2,(H,22,27). The minimum atomic E-state index is -0.571. The van der Waals surface area contributed by atoms with Crippen molar-refractivity contribution >= 4 is 46.3 Å². The van der Waals surface area contributed by atoms with Gasteiger partial charge < -0.3 is 10.2 Å². The summed E-state index contributed by atoms with van der Waals surface area (Å²) < 4.78 is 0. The van der Waals surface area contributed by atoms with Crippen LogP contribution in [0.2, 0.25) is 5.02 Å². The van der Waals surface area contributed by atoms with Gasteiger partial charge >= 0.3 is 0 Å². The van der Waals surface area contributed by atoms with E-state index in [9.17, 15) is 9.59 Å². The van der Waals surface area contributed by atoms with E-state index in [1.807, 2.05) is 28.6 Å². The van der Waals surface area contributed by atoms with Crippen molar-refractivity contribution < 1.29 is 9.59 Å². The number of halogens is 1. The number of amides is 2. The SMILES string of the molecule is O=C(CCCC1=NNC2C(=O)N(c3ccc(Cl)cc3)C=CN12)NCc1cccs1. The van der Waals surface area contributed by atoms with E-state index in [-0.39, 0.29) is 11.8 Å². The normalized spacial score (nSPS) is 17.8. The Labute approximate surface area is 177 Å². The molecule has 1 aromatic carbocycles. The average Bonchev–Trinajstić information content (AvgIpc) is 3.38. The molecule has 3 heterocycles. The number of thiophene rings is 1. The van der Waals surface area contributed by atoms with Crippen molar-refractivity contribution in [3.63, 3.8) is 0 Å². The van der Waals surface area contributed by atoms with Gasteiger partial charge in [-0.05, 0) is 42.1 Å². The molecule has 29 heavy (non-hydrogen) atoms. The summed E-state index contributed by atoms with van der Waals surface area (Å²) in [5.74, 6) is 0.643. The molecule has 0 aliphatic carbocycles. The van der Waals surface area contributed by atoms with Crippen LogP contribution in [0.4, 0.5) is 5.69 Å². The number of hydrazone groups is 1. The van der Waals surface area contributed by atoms with Crippen molar-refractivity contribution in [1.82, 2.24) is 15.6 Å². The maximum absolute atomic E-state index is 12.8. The summed E-state index contributed by atoms with van der Waals surface area (Å²) in [5, 5.41) is 9.83. The molecule has 4 rings (SSSR count). The highest BCUT2D eigenvalue weighted by atomic mass is 35.5. The summed E-state index contributed by atoms with van der Waals surface area (Å²) in [6.45, 7) is 0.560. The number of rotatable bonds is 7. The van der Waals surface area contributed by atoms with Gasteiger partial charge in [0.1, 0.15) is 5.84 Å². The summed E-state index contributed by atoms with van der Waals surface area (Å²) in [5.41, 5.74) is 3.64. The molecule has 2 N–H and O–H groups in total. The fraction of sp³-hybridized carbons (Fsp3) is 0.250. The molecule has 1 unspecified atom stereocenters. The van der Waals surface area contributed by atoms with Crippen LogP contribution in [-0.2, 0) is 16.1 Å². The second-order valence-corrected chi connectivity index (χ2v) is 8.13. The van der Waals surface area contributed by atoms with Gasteiger partial charge in [-0.2, -0.15) is 5.10 Å². The van der Waals surface area contributed by atoms with Crippen LogP contribution in [0.5, 0.6) is 0 Å². The highest BCUT2D eigenvalue weighted by Crippen LogP contribution is 2.25. The Balaban J connectivity index is 1.29. The molecule has 0 radical (unpaired) electrons. The largest absolute Gasteiger partial charge is 0.351 e. The zero-order valence-corrected chi connectivity index (χ0v) is 17.1. The lowest BCUT2D eigenvalue weighted by Gasteiger charge is -2.32. The number of carbonyl (C=O) groups is 2. The first-order valence-corrected chi connectivity index (χ1v) is 10.5. The molecule has 9 heteroatoms. The minimum absolute atomic E-state index is 0.0145. The number of amidine groups is 1. The quantitative estimate of drug-likeness (QED) is 0.708. The molecule has 2 aliphatic heterocycles. The molecule has 1 aromatic heterocycles. The van der Waals surface area contributed by atoms with Crippen LogP contribution in [0.15, 0.2) is 59.3 Å². The van der Waals surface area contributed by atoms with Crippen LogP contribution in [-0.4, -0.2) is 28.7 Å². The summed E-state index contributed by atoms with van der Waals surface area (Å²) in [4.78, 5) is 29.3. The second-order valence-electron chi connectivity index (χ2n) is 6.66. The summed E-state index contributed by atoms with van der Waals surface area (Å²) in [6.07, 6.45) is 4.65. The maximum Gasteiger partial charge on any atom is 0.276 e. The zero-order chi connectivity index (χ0) is 20.2. The van der Waals surface area contributed by atoms with Crippen molar-refractivity contribution in [2.24, 2.45) is 5.10 Å². The van der Waals surface area contributed by atoms with Crippen LogP contribution >= 0.6 is 22.9 Å². The Bertz CT molecular complexity index is 942. The third-order valence-electron chi connectivity index (χ3n) is 4.69. The molecule has 2 aromatic rings. The number of fused-ring (bicyclic) bond motifs is 1. The lowest BCUT2D eigenvalue weighted by atomic mass is 10.2. The molecular formula is C20H20ClN5O2S. The highest BCUT2D eigenvalue weighted by Gasteiger charge is 2.37. The molecule has 0 spiro atoms. The number of hydrogen-bond acceptors (Lipinski definition) is 6. The van der Waals surface area contributed by atoms with Crippen molar-refractivity contribution in [1.29, 1.82) is 0 Å². The topological polar surface area (TPSA) is 77.0 Å². The molecule has 0 saturated carbocycles. The molecule has 0 bridgehead atoms. The van der Waals surface area contributed by atoms with E-state index in [0.29, 0.717) is 30.8 Å². The predicted molar refractivity (Wildman–Crippen MR) is 114 cm³/mol. The van der Waals surface area contributed by atoms with Crippen LogP contribution in [0.1, 0.15) is 24.1 Å². The van der Waals surface area contributed by atoms with Gasteiger partial charge in [0, 0.05) is 40.8 Å². The third kappa shape index (κ3) is 4.44. The number of carbonyl (C=O) groups excluding carboxylic acids is 2. The van der Waals surface area contributed by atoms with Crippen molar-refractivity contribution in [2.75, 3.05) is 4.90 Å². The first kappa shape index (κ1) is 19.5. The zero-order valence-electron chi connectivity index (χ0n) is 15.5. The average molecular weight is 430 g/mol. The smallest absolute Gasteiger partial charge is 0.276 e. The monoisotopic (exact) mass is 429 g/mol. The van der Waals surface area contributed by atoms with E-state index in [4.69, 9.17) is 11.6 Å². The van der Waals surface area contributed by atoms with E-state index in [0.717, 1.165) is 16.4 Å². The van der Waals surface area contributed by atoms with E-state index < -0.39 is 6.17 Å². The van der Waals surface area contributed by atoms with E-state index in [1.165, 1.54) is 0 Å². The van der Waals surface area contributed by atoms with Gasteiger partial charge in [-0.15, -0.1) is 11.3 Å². The number of nitrogens with zero attached hydrogens (tertiary/aromatic N) is 3. The Hall–Kier alpha value is -2.84. The van der Waals surface area contributed by atoms with Gasteiger partial charge in [-0.3, -0.25) is 19.9 Å². The Kier molecular flexibility index (Phi) is 5.82. The highest BCUT2D eigenvalue weighted by molar-refractivity contribution is 7.09. The van der Waals surface area contributed by atoms with Crippen LogP contribution in [0.3, 0.4) is 0 Å². The van der Waals surface area contributed by atoms with E-state index in [1.54, 1.807) is 46.7 Å². The molecule has 1 atom stereocenters. The van der Waals surface area contributed by atoms with Crippen LogP contribution in [0, 0.1) is 0 Å². The molecule has 150 valence electrons. The Morgan fingerprint density at radius 3 is 2.83 bits per heavy atom. The Morgan fingerprint density at radius 2 is 2.07 bits per heavy atom. The number of hydrogen-bond donors (Lipinski definition) is 2. The van der Waals surface area contributed by atoms with Gasteiger partial charge in [-0.25, -0.2) is 0 Å². The van der Waals surface area contributed by atoms with Crippen LogP contribution in [0.25, 0.3) is 0 Å². The van der Waals surface area contributed by atoms with Gasteiger partial charge in [0.25, 0.3) is 5.91 Å². The van der Waals surface area contributed by atoms with Gasteiger partial charge in [0.15, 0.2) is 0 Å². The second kappa shape index (κ2) is 8.67. The number of benzene rings is 1. The molecular weight excluding hydrogens is 410 g/mol. The van der Waals surface area contributed by atoms with E-state index >= 15 is 0 Å². The molecule has 0 fully saturated rings. The first-order chi connectivity index (χ1) is 14.1.